The average Bonchev–Trinajstić information content (AvgIpc) is 2.76. The van der Waals surface area contributed by atoms with Crippen LogP contribution in [0.1, 0.15) is 41.4 Å². The van der Waals surface area contributed by atoms with Crippen molar-refractivity contribution in [1.29, 1.82) is 0 Å². The number of carbonyl (C=O) groups is 5. The summed E-state index contributed by atoms with van der Waals surface area (Å²) < 4.78 is 14.2. The lowest BCUT2D eigenvalue weighted by atomic mass is 10.1. The van der Waals surface area contributed by atoms with Crippen LogP contribution in [0.15, 0.2) is 42.5 Å². The third-order valence-corrected chi connectivity index (χ3v) is 3.74. The zero-order valence-corrected chi connectivity index (χ0v) is 15.6. The van der Waals surface area contributed by atoms with Crippen molar-refractivity contribution in [3.05, 3.63) is 64.7 Å². The number of benzene rings is 2. The topological polar surface area (TPSA) is 125 Å². The van der Waals surface area contributed by atoms with Gasteiger partial charge in [-0.1, -0.05) is 12.1 Å². The highest BCUT2D eigenvalue weighted by Crippen LogP contribution is 2.20. The third kappa shape index (κ3) is 5.48. The molecule has 0 heterocycles. The molecule has 0 aliphatic carbocycles. The van der Waals surface area contributed by atoms with Crippen LogP contribution in [0.25, 0.3) is 0 Å². The van der Waals surface area contributed by atoms with Crippen molar-refractivity contribution >= 4 is 35.8 Å². The Kier molecular flexibility index (Phi) is 7.19. The maximum absolute atomic E-state index is 12.2. The Labute approximate surface area is 165 Å². The number of rotatable bonds is 7. The molecule has 9 nitrogen and oxygen atoms in total. The van der Waals surface area contributed by atoms with Gasteiger partial charge in [0.25, 0.3) is 5.91 Å². The van der Waals surface area contributed by atoms with Crippen LogP contribution in [0.3, 0.4) is 0 Å². The van der Waals surface area contributed by atoms with Crippen LogP contribution in [0.5, 0.6) is 0 Å². The number of hydrogen-bond acceptors (Lipinski definition) is 8. The van der Waals surface area contributed by atoms with E-state index in [1.165, 1.54) is 56.7 Å². The van der Waals surface area contributed by atoms with Gasteiger partial charge in [-0.2, -0.15) is 0 Å². The second-order valence-corrected chi connectivity index (χ2v) is 5.61. The van der Waals surface area contributed by atoms with Gasteiger partial charge in [-0.3, -0.25) is 9.59 Å². The zero-order chi connectivity index (χ0) is 21.4. The molecule has 1 amide bonds. The molecule has 1 N–H and O–H groups in total. The summed E-state index contributed by atoms with van der Waals surface area (Å²) >= 11 is 0. The summed E-state index contributed by atoms with van der Waals surface area (Å²) in [4.78, 5) is 58.3. The fraction of sp³-hybridized carbons (Fsp3) is 0.150. The molecule has 2 rings (SSSR count). The first kappa shape index (κ1) is 21.3. The second kappa shape index (κ2) is 9.79. The fourth-order valence-electron chi connectivity index (χ4n) is 2.28. The normalized spacial score (nSPS) is 9.86. The van der Waals surface area contributed by atoms with Gasteiger partial charge in [-0.15, -0.1) is 0 Å². The molecule has 0 aromatic heterocycles. The lowest BCUT2D eigenvalue weighted by Gasteiger charge is -2.11. The second-order valence-electron chi connectivity index (χ2n) is 5.61. The van der Waals surface area contributed by atoms with Gasteiger partial charge in [0, 0.05) is 5.56 Å². The van der Waals surface area contributed by atoms with E-state index >= 15 is 0 Å². The highest BCUT2D eigenvalue weighted by atomic mass is 16.5. The predicted molar refractivity (Wildman–Crippen MR) is 99.9 cm³/mol. The van der Waals surface area contributed by atoms with Crippen molar-refractivity contribution in [2.24, 2.45) is 0 Å². The molecule has 2 aromatic carbocycles. The third-order valence-electron chi connectivity index (χ3n) is 3.74. The van der Waals surface area contributed by atoms with Gasteiger partial charge in [-0.25, -0.2) is 14.4 Å². The molecule has 29 heavy (non-hydrogen) atoms. The lowest BCUT2D eigenvalue weighted by molar-refractivity contribution is -0.119. The van der Waals surface area contributed by atoms with E-state index in [2.05, 4.69) is 14.8 Å². The smallest absolute Gasteiger partial charge is 0.339 e. The quantitative estimate of drug-likeness (QED) is 0.425. The number of carbonyl (C=O) groups excluding carboxylic acids is 5. The van der Waals surface area contributed by atoms with E-state index in [-0.39, 0.29) is 22.4 Å². The molecule has 0 radical (unpaired) electrons. The Morgan fingerprint density at radius 3 is 2.07 bits per heavy atom. The summed E-state index contributed by atoms with van der Waals surface area (Å²) in [6, 6.07) is 9.54. The first-order valence-corrected chi connectivity index (χ1v) is 8.22. The molecule has 0 aliphatic rings. The van der Waals surface area contributed by atoms with E-state index in [4.69, 9.17) is 4.74 Å². The molecule has 0 fully saturated rings. The molecular weight excluding hydrogens is 382 g/mol. The van der Waals surface area contributed by atoms with Crippen LogP contribution < -0.4 is 5.32 Å². The summed E-state index contributed by atoms with van der Waals surface area (Å²) in [6.07, 6.45) is 0.629. The van der Waals surface area contributed by atoms with Crippen molar-refractivity contribution in [1.82, 2.24) is 0 Å². The van der Waals surface area contributed by atoms with Crippen LogP contribution in [0, 0.1) is 0 Å². The van der Waals surface area contributed by atoms with Crippen molar-refractivity contribution in [2.45, 2.75) is 0 Å². The number of aldehydes is 1. The molecule has 2 aromatic rings. The summed E-state index contributed by atoms with van der Waals surface area (Å²) in [5, 5.41) is 2.40. The van der Waals surface area contributed by atoms with Gasteiger partial charge in [0.05, 0.1) is 36.6 Å². The Morgan fingerprint density at radius 1 is 0.862 bits per heavy atom. The van der Waals surface area contributed by atoms with Crippen LogP contribution in [-0.4, -0.2) is 50.9 Å². The number of ether oxygens (including phenoxy) is 3. The highest BCUT2D eigenvalue weighted by Gasteiger charge is 2.18. The predicted octanol–water partition coefficient (Wildman–Crippen LogP) is 1.87. The molecule has 0 aliphatic heterocycles. The highest BCUT2D eigenvalue weighted by molar-refractivity contribution is 6.04. The molecule has 9 heteroatoms. The van der Waals surface area contributed by atoms with Crippen molar-refractivity contribution < 1.29 is 38.2 Å². The molecule has 0 saturated carbocycles. The molecule has 0 unspecified atom stereocenters. The SMILES string of the molecule is COC(=O)c1ccc(C(=O)OC)c(NC(=O)COC(=O)c2ccc(C=O)cc2)c1. The van der Waals surface area contributed by atoms with Gasteiger partial charge < -0.3 is 19.5 Å². The van der Waals surface area contributed by atoms with E-state index in [0.29, 0.717) is 11.8 Å². The minimum atomic E-state index is -0.769. The van der Waals surface area contributed by atoms with Gasteiger partial charge in [0.15, 0.2) is 6.61 Å². The lowest BCUT2D eigenvalue weighted by Crippen LogP contribution is -2.22. The van der Waals surface area contributed by atoms with Crippen LogP contribution >= 0.6 is 0 Å². The summed E-state index contributed by atoms with van der Waals surface area (Å²) in [6.45, 7) is -0.642. The van der Waals surface area contributed by atoms with Crippen molar-refractivity contribution in [2.75, 3.05) is 26.1 Å². The number of methoxy groups -OCH3 is 2. The molecule has 0 spiro atoms. The van der Waals surface area contributed by atoms with Crippen molar-refractivity contribution in [3.8, 4) is 0 Å². The fourth-order valence-corrected chi connectivity index (χ4v) is 2.28. The minimum Gasteiger partial charge on any atom is -0.465 e. The molecular formula is C20H17NO8. The number of amides is 1. The number of esters is 3. The maximum atomic E-state index is 12.2. The monoisotopic (exact) mass is 399 g/mol. The van der Waals surface area contributed by atoms with E-state index in [1.807, 2.05) is 0 Å². The van der Waals surface area contributed by atoms with E-state index in [1.54, 1.807) is 0 Å². The Bertz CT molecular complexity index is 949. The first-order chi connectivity index (χ1) is 13.9. The summed E-state index contributed by atoms with van der Waals surface area (Å²) in [5.41, 5.74) is 0.648. The number of anilines is 1. The van der Waals surface area contributed by atoms with Crippen LogP contribution in [0.4, 0.5) is 5.69 Å². The first-order valence-electron chi connectivity index (χ1n) is 8.22. The Morgan fingerprint density at radius 2 is 1.48 bits per heavy atom. The number of nitrogens with one attached hydrogen (secondary N) is 1. The van der Waals surface area contributed by atoms with Crippen LogP contribution in [-0.2, 0) is 19.0 Å². The van der Waals surface area contributed by atoms with Gasteiger partial charge in [-0.05, 0) is 30.3 Å². The summed E-state index contributed by atoms with van der Waals surface area (Å²) in [5.74, 6) is -2.91. The van der Waals surface area contributed by atoms with E-state index in [0.717, 1.165) is 0 Å². The molecule has 0 saturated heterocycles. The average molecular weight is 399 g/mol. The maximum Gasteiger partial charge on any atom is 0.339 e. The Hall–Kier alpha value is -4.01. The Balaban J connectivity index is 2.09. The van der Waals surface area contributed by atoms with Crippen LogP contribution in [0.2, 0.25) is 0 Å². The van der Waals surface area contributed by atoms with E-state index in [9.17, 15) is 24.0 Å². The molecule has 0 atom stereocenters. The van der Waals surface area contributed by atoms with E-state index < -0.39 is 30.4 Å². The zero-order valence-electron chi connectivity index (χ0n) is 15.6. The van der Waals surface area contributed by atoms with Crippen molar-refractivity contribution in [3.63, 3.8) is 0 Å². The molecule has 150 valence electrons. The minimum absolute atomic E-state index is 0.00358. The summed E-state index contributed by atoms with van der Waals surface area (Å²) in [7, 11) is 2.36. The largest absolute Gasteiger partial charge is 0.465 e. The van der Waals surface area contributed by atoms with Gasteiger partial charge in [0.1, 0.15) is 6.29 Å². The van der Waals surface area contributed by atoms with Gasteiger partial charge >= 0.3 is 17.9 Å². The number of hydrogen-bond donors (Lipinski definition) is 1. The standard InChI is InChI=1S/C20H17NO8/c1-27-18(24)14-7-8-15(20(26)28-2)16(9-14)21-17(23)11-29-19(25)13-5-3-12(10-22)4-6-13/h3-10H,11H2,1-2H3,(H,21,23). The molecule has 0 bridgehead atoms. The van der Waals surface area contributed by atoms with Gasteiger partial charge in [0.2, 0.25) is 0 Å².